The molecule has 6 nitrogen and oxygen atoms in total. The SMILES string of the molecule is COC(=O)Nc1nc2ccc([S@](=O)C3CCCC3)cc2[nH]1. The third kappa shape index (κ3) is 2.92. The lowest BCUT2D eigenvalue weighted by Gasteiger charge is -2.08. The number of amides is 1. The minimum absolute atomic E-state index is 0.262. The van der Waals surface area contributed by atoms with Gasteiger partial charge in [-0.2, -0.15) is 0 Å². The van der Waals surface area contributed by atoms with Gasteiger partial charge in [-0.1, -0.05) is 12.8 Å². The summed E-state index contributed by atoms with van der Waals surface area (Å²) in [6, 6.07) is 5.51. The number of nitrogens with zero attached hydrogens (tertiary/aromatic N) is 1. The molecule has 0 spiro atoms. The van der Waals surface area contributed by atoms with Gasteiger partial charge in [-0.3, -0.25) is 9.53 Å². The fourth-order valence-electron chi connectivity index (χ4n) is 2.62. The van der Waals surface area contributed by atoms with Crippen LogP contribution in [0.4, 0.5) is 10.7 Å². The highest BCUT2D eigenvalue weighted by Crippen LogP contribution is 2.28. The molecular formula is C14H17N3O3S. The lowest BCUT2D eigenvalue weighted by atomic mass is 10.3. The van der Waals surface area contributed by atoms with Crippen LogP contribution in [0, 0.1) is 0 Å². The highest BCUT2D eigenvalue weighted by Gasteiger charge is 2.23. The predicted octanol–water partition coefficient (Wildman–Crippen LogP) is 2.79. The third-order valence-corrected chi connectivity index (χ3v) is 5.49. The van der Waals surface area contributed by atoms with Crippen LogP contribution in [0.2, 0.25) is 0 Å². The fourth-order valence-corrected chi connectivity index (χ4v) is 4.20. The van der Waals surface area contributed by atoms with E-state index in [4.69, 9.17) is 0 Å². The zero-order valence-electron chi connectivity index (χ0n) is 11.7. The number of anilines is 1. The number of nitrogens with one attached hydrogen (secondary N) is 2. The normalized spacial score (nSPS) is 17.0. The summed E-state index contributed by atoms with van der Waals surface area (Å²) in [5.41, 5.74) is 1.47. The number of carbonyl (C=O) groups is 1. The molecule has 1 fully saturated rings. The van der Waals surface area contributed by atoms with Crippen LogP contribution in [-0.2, 0) is 15.5 Å². The number of H-pyrrole nitrogens is 1. The summed E-state index contributed by atoms with van der Waals surface area (Å²) in [4.78, 5) is 19.2. The van der Waals surface area contributed by atoms with E-state index in [9.17, 15) is 9.00 Å². The lowest BCUT2D eigenvalue weighted by Crippen LogP contribution is -2.11. The molecule has 0 unspecified atom stereocenters. The van der Waals surface area contributed by atoms with E-state index < -0.39 is 16.9 Å². The molecule has 1 atom stereocenters. The summed E-state index contributed by atoms with van der Waals surface area (Å²) in [6.07, 6.45) is 3.81. The van der Waals surface area contributed by atoms with Gasteiger partial charge in [-0.05, 0) is 31.0 Å². The molecule has 1 heterocycles. The number of imidazole rings is 1. The van der Waals surface area contributed by atoms with E-state index in [1.165, 1.54) is 7.11 Å². The number of ether oxygens (including phenoxy) is 1. The van der Waals surface area contributed by atoms with Gasteiger partial charge in [0, 0.05) is 10.1 Å². The maximum atomic E-state index is 12.5. The van der Waals surface area contributed by atoms with Crippen molar-refractivity contribution in [3.8, 4) is 0 Å². The molecule has 1 aliphatic carbocycles. The van der Waals surface area contributed by atoms with Gasteiger partial charge >= 0.3 is 6.09 Å². The summed E-state index contributed by atoms with van der Waals surface area (Å²) >= 11 is 0. The minimum Gasteiger partial charge on any atom is -0.453 e. The van der Waals surface area contributed by atoms with E-state index in [0.29, 0.717) is 11.5 Å². The average Bonchev–Trinajstić information content (AvgIpc) is 3.14. The van der Waals surface area contributed by atoms with Gasteiger partial charge in [0.15, 0.2) is 0 Å². The molecule has 2 N–H and O–H groups in total. The second kappa shape index (κ2) is 5.85. The molecule has 0 bridgehead atoms. The Morgan fingerprint density at radius 2 is 2.19 bits per heavy atom. The number of fused-ring (bicyclic) bond motifs is 1. The fraction of sp³-hybridized carbons (Fsp3) is 0.429. The van der Waals surface area contributed by atoms with Gasteiger partial charge < -0.3 is 9.72 Å². The molecule has 3 rings (SSSR count). The van der Waals surface area contributed by atoms with Gasteiger partial charge in [-0.15, -0.1) is 0 Å². The Balaban J connectivity index is 1.85. The van der Waals surface area contributed by atoms with Crippen molar-refractivity contribution in [2.45, 2.75) is 35.8 Å². The monoisotopic (exact) mass is 307 g/mol. The number of benzene rings is 1. The van der Waals surface area contributed by atoms with Crippen molar-refractivity contribution in [1.29, 1.82) is 0 Å². The Labute approximate surface area is 124 Å². The van der Waals surface area contributed by atoms with Crippen LogP contribution >= 0.6 is 0 Å². The van der Waals surface area contributed by atoms with Crippen LogP contribution in [-0.4, -0.2) is 32.6 Å². The lowest BCUT2D eigenvalue weighted by molar-refractivity contribution is 0.186. The zero-order valence-corrected chi connectivity index (χ0v) is 12.5. The number of hydrogen-bond acceptors (Lipinski definition) is 4. The number of carbonyl (C=O) groups excluding carboxylic acids is 1. The first kappa shape index (κ1) is 14.1. The molecule has 112 valence electrons. The number of rotatable bonds is 3. The van der Waals surface area contributed by atoms with E-state index in [1.807, 2.05) is 18.2 Å². The first-order chi connectivity index (χ1) is 10.2. The van der Waals surface area contributed by atoms with Crippen LogP contribution in [0.3, 0.4) is 0 Å². The van der Waals surface area contributed by atoms with E-state index in [1.54, 1.807) is 0 Å². The Kier molecular flexibility index (Phi) is 3.92. The molecule has 0 aliphatic heterocycles. The van der Waals surface area contributed by atoms with Crippen LogP contribution in [0.15, 0.2) is 23.1 Å². The Hall–Kier alpha value is -1.89. The molecule has 1 amide bonds. The predicted molar refractivity (Wildman–Crippen MR) is 80.8 cm³/mol. The molecule has 0 saturated heterocycles. The van der Waals surface area contributed by atoms with Crippen LogP contribution in [0.25, 0.3) is 11.0 Å². The molecule has 1 saturated carbocycles. The molecule has 7 heteroatoms. The summed E-state index contributed by atoms with van der Waals surface area (Å²) in [7, 11) is 0.315. The highest BCUT2D eigenvalue weighted by atomic mass is 32.2. The Bertz CT molecular complexity index is 692. The van der Waals surface area contributed by atoms with Crippen LogP contribution < -0.4 is 5.32 Å². The smallest absolute Gasteiger partial charge is 0.413 e. The van der Waals surface area contributed by atoms with Crippen molar-refractivity contribution in [1.82, 2.24) is 9.97 Å². The maximum absolute atomic E-state index is 12.5. The molecule has 21 heavy (non-hydrogen) atoms. The molecule has 1 aromatic heterocycles. The van der Waals surface area contributed by atoms with Crippen molar-refractivity contribution in [2.75, 3.05) is 12.4 Å². The van der Waals surface area contributed by atoms with Crippen molar-refractivity contribution >= 4 is 33.9 Å². The summed E-state index contributed by atoms with van der Waals surface area (Å²) in [5.74, 6) is 0.320. The van der Waals surface area contributed by atoms with E-state index in [2.05, 4.69) is 20.0 Å². The standard InChI is InChI=1S/C14H17N3O3S/c1-20-14(18)17-13-15-11-7-6-10(8-12(11)16-13)21(19)9-4-2-3-5-9/h6-9H,2-5H2,1H3,(H2,15,16,17,18)/t21-/m1/s1. The van der Waals surface area contributed by atoms with Gasteiger partial charge in [-0.25, -0.2) is 9.78 Å². The quantitative estimate of drug-likeness (QED) is 0.913. The first-order valence-electron chi connectivity index (χ1n) is 6.92. The van der Waals surface area contributed by atoms with Crippen molar-refractivity contribution in [2.24, 2.45) is 0 Å². The molecule has 2 aromatic rings. The van der Waals surface area contributed by atoms with Gasteiger partial charge in [0.05, 0.1) is 28.9 Å². The average molecular weight is 307 g/mol. The van der Waals surface area contributed by atoms with E-state index in [-0.39, 0.29) is 5.25 Å². The zero-order chi connectivity index (χ0) is 14.8. The number of aromatic amines is 1. The molecular weight excluding hydrogens is 290 g/mol. The number of hydrogen-bond donors (Lipinski definition) is 2. The van der Waals surface area contributed by atoms with Gasteiger partial charge in [0.1, 0.15) is 0 Å². The number of methoxy groups -OCH3 is 1. The summed E-state index contributed by atoms with van der Waals surface area (Å²) in [5, 5.41) is 2.74. The van der Waals surface area contributed by atoms with E-state index >= 15 is 0 Å². The molecule has 1 aromatic carbocycles. The maximum Gasteiger partial charge on any atom is 0.413 e. The largest absolute Gasteiger partial charge is 0.453 e. The van der Waals surface area contributed by atoms with Gasteiger partial charge in [0.25, 0.3) is 0 Å². The molecule has 0 radical (unpaired) electrons. The second-order valence-electron chi connectivity index (χ2n) is 5.08. The Morgan fingerprint density at radius 3 is 2.90 bits per heavy atom. The Morgan fingerprint density at radius 1 is 1.43 bits per heavy atom. The second-order valence-corrected chi connectivity index (χ2v) is 6.82. The highest BCUT2D eigenvalue weighted by molar-refractivity contribution is 7.85. The van der Waals surface area contributed by atoms with Crippen LogP contribution in [0.1, 0.15) is 25.7 Å². The van der Waals surface area contributed by atoms with Crippen molar-refractivity contribution in [3.63, 3.8) is 0 Å². The van der Waals surface area contributed by atoms with Crippen molar-refractivity contribution < 1.29 is 13.7 Å². The summed E-state index contributed by atoms with van der Waals surface area (Å²) < 4.78 is 17.0. The van der Waals surface area contributed by atoms with Gasteiger partial charge in [0.2, 0.25) is 5.95 Å². The summed E-state index contributed by atoms with van der Waals surface area (Å²) in [6.45, 7) is 0. The van der Waals surface area contributed by atoms with Crippen molar-refractivity contribution in [3.05, 3.63) is 18.2 Å². The van der Waals surface area contributed by atoms with E-state index in [0.717, 1.165) is 36.1 Å². The minimum atomic E-state index is -0.978. The first-order valence-corrected chi connectivity index (χ1v) is 8.14. The molecule has 1 aliphatic rings. The van der Waals surface area contributed by atoms with Crippen LogP contribution in [0.5, 0.6) is 0 Å². The third-order valence-electron chi connectivity index (χ3n) is 3.70. The topological polar surface area (TPSA) is 84.1 Å². The number of aromatic nitrogens is 2.